The van der Waals surface area contributed by atoms with E-state index in [2.05, 4.69) is 0 Å². The molecule has 0 fully saturated rings. The van der Waals surface area contributed by atoms with Gasteiger partial charge in [0.25, 0.3) is 0 Å². The van der Waals surface area contributed by atoms with Gasteiger partial charge in [-0.1, -0.05) is 0 Å². The largest absolute Gasteiger partial charge is 0.285 e. The third-order valence-corrected chi connectivity index (χ3v) is 4.64. The predicted molar refractivity (Wildman–Crippen MR) is 81.4 cm³/mol. The lowest BCUT2D eigenvalue weighted by Crippen LogP contribution is -2.51. The van der Waals surface area contributed by atoms with Gasteiger partial charge in [-0.2, -0.15) is 0 Å². The van der Waals surface area contributed by atoms with Gasteiger partial charge in [0.2, 0.25) is 43.4 Å². The van der Waals surface area contributed by atoms with Crippen LogP contribution in [0.4, 0.5) is 0 Å². The molecule has 0 heterocycles. The Morgan fingerprint density at radius 1 is 0.208 bits per heavy atom. The lowest BCUT2D eigenvalue weighted by atomic mass is 9.72. The van der Waals surface area contributed by atoms with E-state index in [-0.39, 0.29) is 0 Å². The number of hydrogen-bond acceptors (Lipinski definition) is 8. The molecule has 0 N–H and O–H groups in total. The smallest absolute Gasteiger partial charge is 0.235 e. The highest BCUT2D eigenvalue weighted by Gasteiger charge is 2.44. The van der Waals surface area contributed by atoms with E-state index in [0.29, 0.717) is 0 Å². The van der Waals surface area contributed by atoms with Crippen LogP contribution in [0.3, 0.4) is 0 Å². The van der Waals surface area contributed by atoms with Gasteiger partial charge in [-0.05, 0) is 0 Å². The second-order valence-corrected chi connectivity index (χ2v) is 5.63. The van der Waals surface area contributed by atoms with Gasteiger partial charge in [0.1, 0.15) is 0 Å². The first-order valence-corrected chi connectivity index (χ1v) is 6.63. The maximum absolute atomic E-state index is 11.8. The number of fused-ring (bicyclic) bond motifs is 8. The van der Waals surface area contributed by atoms with Crippen molar-refractivity contribution in [2.45, 2.75) is 0 Å². The molecule has 0 atom stereocenters. The molecule has 8 nitrogen and oxygen atoms in total. The lowest BCUT2D eigenvalue weighted by Gasteiger charge is -2.24. The van der Waals surface area contributed by atoms with E-state index in [1.807, 2.05) is 0 Å². The Morgan fingerprint density at radius 3 is 0.375 bits per heavy atom. The molecule has 0 saturated carbocycles. The minimum absolute atomic E-state index is 0.424. The highest BCUT2D eigenvalue weighted by molar-refractivity contribution is 6.08. The molecule has 4 aromatic carbocycles. The first kappa shape index (κ1) is 12.8. The Hall–Kier alpha value is -3.68. The maximum Gasteiger partial charge on any atom is 0.235 e. The summed E-state index contributed by atoms with van der Waals surface area (Å²) in [7, 11) is 0. The van der Waals surface area contributed by atoms with Gasteiger partial charge in [0.05, 0.1) is 44.5 Å². The molecule has 0 aromatic heterocycles. The Labute approximate surface area is 127 Å². The van der Waals surface area contributed by atoms with Crippen LogP contribution in [0.1, 0.15) is 0 Å². The summed E-state index contributed by atoms with van der Waals surface area (Å²) in [5.41, 5.74) is -12.0. The van der Waals surface area contributed by atoms with Crippen molar-refractivity contribution in [2.75, 3.05) is 0 Å². The van der Waals surface area contributed by atoms with Gasteiger partial charge in [0, 0.05) is 0 Å². The molecule has 0 aliphatic heterocycles. The minimum atomic E-state index is -1.07. The third kappa shape index (κ3) is 0.944. The second kappa shape index (κ2) is 3.30. The van der Waals surface area contributed by atoms with Gasteiger partial charge in [0.15, 0.2) is 0 Å². The molecule has 0 bridgehead atoms. The van der Waals surface area contributed by atoms with E-state index < -0.39 is 87.9 Å². The fraction of sp³-hybridized carbons (Fsp3) is 0. The lowest BCUT2D eigenvalue weighted by molar-refractivity contribution is 1.26. The van der Waals surface area contributed by atoms with Gasteiger partial charge >= 0.3 is 0 Å². The van der Waals surface area contributed by atoms with Crippen molar-refractivity contribution in [1.29, 1.82) is 0 Å². The van der Waals surface area contributed by atoms with Crippen LogP contribution in [0.5, 0.6) is 0 Å². The van der Waals surface area contributed by atoms with Crippen LogP contribution in [-0.4, -0.2) is 0 Å². The Morgan fingerprint density at radius 2 is 0.292 bits per heavy atom. The van der Waals surface area contributed by atoms with Crippen LogP contribution in [0, 0.1) is 0 Å². The van der Waals surface area contributed by atoms with Gasteiger partial charge in [-0.25, -0.2) is 0 Å². The highest BCUT2D eigenvalue weighted by atomic mass is 16.2. The Bertz CT molecular complexity index is 1200. The van der Waals surface area contributed by atoms with Crippen molar-refractivity contribution in [1.82, 2.24) is 0 Å². The average molecular weight is 320 g/mol. The van der Waals surface area contributed by atoms with Crippen molar-refractivity contribution < 1.29 is 0 Å². The molecule has 24 heavy (non-hydrogen) atoms. The van der Waals surface area contributed by atoms with Crippen LogP contribution in [0.15, 0.2) is 38.4 Å². The molecule has 0 radical (unpaired) electrons. The average Bonchev–Trinajstić information content (AvgIpc) is 2.59. The maximum atomic E-state index is 11.8. The molecule has 1 aliphatic rings. The van der Waals surface area contributed by atoms with E-state index in [4.69, 9.17) is 0 Å². The summed E-state index contributed by atoms with van der Waals surface area (Å²) >= 11 is 0. The van der Waals surface area contributed by atoms with Crippen molar-refractivity contribution in [3.8, 4) is 44.5 Å². The van der Waals surface area contributed by atoms with E-state index in [1.165, 1.54) is 0 Å². The zero-order valence-corrected chi connectivity index (χ0v) is 11.3. The molecule has 0 saturated heterocycles. The molecule has 0 spiro atoms. The summed E-state index contributed by atoms with van der Waals surface area (Å²) in [4.78, 5) is 94.6. The third-order valence-electron chi connectivity index (χ3n) is 4.64. The first-order valence-electron chi connectivity index (χ1n) is 6.63. The molecule has 1 aliphatic carbocycles. The Balaban J connectivity index is 2.12. The molecule has 0 unspecified atom stereocenters. The minimum Gasteiger partial charge on any atom is -0.285 e. The van der Waals surface area contributed by atoms with Crippen molar-refractivity contribution in [2.24, 2.45) is 0 Å². The van der Waals surface area contributed by atoms with Crippen molar-refractivity contribution in [3.63, 3.8) is 0 Å². The summed E-state index contributed by atoms with van der Waals surface area (Å²) < 4.78 is 0. The number of hydrogen-bond donors (Lipinski definition) is 0. The topological polar surface area (TPSA) is 137 Å². The fourth-order valence-electron chi connectivity index (χ4n) is 3.47. The molecule has 8 heteroatoms. The summed E-state index contributed by atoms with van der Waals surface area (Å²) in [6, 6.07) is 0. The monoisotopic (exact) mass is 320 g/mol. The molecule has 0 amide bonds. The van der Waals surface area contributed by atoms with Crippen LogP contribution >= 0.6 is 0 Å². The zero-order chi connectivity index (χ0) is 17.2. The highest BCUT2D eigenvalue weighted by Crippen LogP contribution is 2.41. The van der Waals surface area contributed by atoms with Gasteiger partial charge in [-0.15, -0.1) is 0 Å². The second-order valence-electron chi connectivity index (χ2n) is 5.63. The Kier molecular flexibility index (Phi) is 1.76. The SMILES string of the molecule is O=c1c2c(c1=O)-c1c(c(=O)c1=O)-c1c(c(=O)c1=O)-c1c-2c(=O)c1=O. The zero-order valence-electron chi connectivity index (χ0n) is 11.3. The molecule has 5 rings (SSSR count). The quantitative estimate of drug-likeness (QED) is 0.276. The summed E-state index contributed by atoms with van der Waals surface area (Å²) in [6.45, 7) is 0. The van der Waals surface area contributed by atoms with Gasteiger partial charge in [-0.3, -0.25) is 38.4 Å². The predicted octanol–water partition coefficient (Wildman–Crippen LogP) is -2.95. The van der Waals surface area contributed by atoms with Crippen LogP contribution in [0.25, 0.3) is 44.5 Å². The van der Waals surface area contributed by atoms with Crippen molar-refractivity contribution in [3.05, 3.63) is 81.8 Å². The van der Waals surface area contributed by atoms with E-state index in [9.17, 15) is 38.4 Å². The normalized spacial score (nSPS) is 12.7. The summed E-state index contributed by atoms with van der Waals surface area (Å²) in [6.07, 6.45) is 0. The first-order chi connectivity index (χ1) is 11.3. The van der Waals surface area contributed by atoms with E-state index in [0.717, 1.165) is 0 Å². The van der Waals surface area contributed by atoms with Crippen LogP contribution < -0.4 is 43.4 Å². The standard InChI is InChI=1S/C16O8/c17-9-1-2(10(9)18)4-6(14(22)13(4)21)8-7(15(23)16(8)24)5-3(1)11(19)12(5)20. The van der Waals surface area contributed by atoms with Crippen LogP contribution in [0.2, 0.25) is 0 Å². The van der Waals surface area contributed by atoms with E-state index in [1.54, 1.807) is 0 Å². The molecular weight excluding hydrogens is 320 g/mol. The molecular formula is C16O8. The molecule has 4 aromatic rings. The van der Waals surface area contributed by atoms with Crippen molar-refractivity contribution >= 4 is 0 Å². The summed E-state index contributed by atoms with van der Waals surface area (Å²) in [5.74, 6) is 0. The molecule has 112 valence electrons. The summed E-state index contributed by atoms with van der Waals surface area (Å²) in [5, 5.41) is 0. The fourth-order valence-corrected chi connectivity index (χ4v) is 3.47. The number of rotatable bonds is 0. The van der Waals surface area contributed by atoms with Gasteiger partial charge < -0.3 is 0 Å². The van der Waals surface area contributed by atoms with E-state index >= 15 is 0 Å². The van der Waals surface area contributed by atoms with Crippen LogP contribution in [-0.2, 0) is 0 Å².